The lowest BCUT2D eigenvalue weighted by molar-refractivity contribution is -0.116. The second-order valence-corrected chi connectivity index (χ2v) is 7.78. The summed E-state index contributed by atoms with van der Waals surface area (Å²) in [7, 11) is 0. The molecule has 5 nitrogen and oxygen atoms in total. The number of rotatable bonds is 3. The van der Waals surface area contributed by atoms with E-state index in [4.69, 9.17) is 11.6 Å². The van der Waals surface area contributed by atoms with E-state index in [1.165, 1.54) is 6.33 Å². The van der Waals surface area contributed by atoms with Crippen LogP contribution in [0.5, 0.6) is 0 Å². The highest BCUT2D eigenvalue weighted by Gasteiger charge is 2.37. The van der Waals surface area contributed by atoms with Gasteiger partial charge in [-0.1, -0.05) is 66.2 Å². The monoisotopic (exact) mass is 402 g/mol. The SMILES string of the molecule is O=C1CC(c2cccc(Cl)c2)CC2=C1C(C=Cc1ccccc1)n1ncnc1N2. The normalized spacial score (nSPS) is 21.1. The standard InChI is InChI=1S/C23H19ClN4O/c24-18-8-4-7-16(11-18)17-12-19-22(21(29)13-17)20(28-23(27-19)25-14-26-28)10-9-15-5-2-1-3-6-15/h1-11,14,17,20H,12-13H2,(H,25,26,27). The van der Waals surface area contributed by atoms with Gasteiger partial charge in [0.25, 0.3) is 0 Å². The summed E-state index contributed by atoms with van der Waals surface area (Å²) in [4.78, 5) is 17.6. The van der Waals surface area contributed by atoms with Crippen LogP contribution in [0.15, 0.2) is 78.3 Å². The molecule has 2 heterocycles. The highest BCUT2D eigenvalue weighted by Crippen LogP contribution is 2.42. The molecule has 0 fully saturated rings. The van der Waals surface area contributed by atoms with E-state index in [1.54, 1.807) is 4.68 Å². The molecular weight excluding hydrogens is 384 g/mol. The van der Waals surface area contributed by atoms with Crippen molar-refractivity contribution >= 4 is 29.4 Å². The summed E-state index contributed by atoms with van der Waals surface area (Å²) in [6, 6.07) is 17.5. The van der Waals surface area contributed by atoms with Gasteiger partial charge >= 0.3 is 0 Å². The zero-order valence-electron chi connectivity index (χ0n) is 15.6. The Bertz CT molecular complexity index is 1130. The van der Waals surface area contributed by atoms with E-state index in [1.807, 2.05) is 66.7 Å². The maximum Gasteiger partial charge on any atom is 0.226 e. The zero-order chi connectivity index (χ0) is 19.8. The van der Waals surface area contributed by atoms with Crippen LogP contribution in [0.4, 0.5) is 5.95 Å². The van der Waals surface area contributed by atoms with E-state index < -0.39 is 0 Å². The minimum Gasteiger partial charge on any atom is -0.328 e. The number of halogens is 1. The van der Waals surface area contributed by atoms with Crippen molar-refractivity contribution in [3.63, 3.8) is 0 Å². The van der Waals surface area contributed by atoms with Gasteiger partial charge in [0.2, 0.25) is 5.95 Å². The topological polar surface area (TPSA) is 59.8 Å². The number of carbonyl (C=O) groups is 1. The van der Waals surface area contributed by atoms with Crippen LogP contribution in [-0.4, -0.2) is 20.5 Å². The van der Waals surface area contributed by atoms with Crippen LogP contribution in [0.1, 0.15) is 35.9 Å². The van der Waals surface area contributed by atoms with E-state index in [9.17, 15) is 4.79 Å². The first kappa shape index (κ1) is 17.9. The van der Waals surface area contributed by atoms with Gasteiger partial charge in [-0.15, -0.1) is 0 Å². The zero-order valence-corrected chi connectivity index (χ0v) is 16.4. The second kappa shape index (κ2) is 7.33. The second-order valence-electron chi connectivity index (χ2n) is 7.34. The number of hydrogen-bond donors (Lipinski definition) is 1. The molecule has 2 aliphatic rings. The lowest BCUT2D eigenvalue weighted by Crippen LogP contribution is -2.32. The Morgan fingerprint density at radius 2 is 1.97 bits per heavy atom. The van der Waals surface area contributed by atoms with Crippen LogP contribution in [0.2, 0.25) is 5.02 Å². The molecule has 2 unspecified atom stereocenters. The number of ketones is 1. The van der Waals surface area contributed by atoms with Gasteiger partial charge in [0.15, 0.2) is 5.78 Å². The fourth-order valence-corrected chi connectivity index (χ4v) is 4.33. The molecule has 29 heavy (non-hydrogen) atoms. The molecule has 0 bridgehead atoms. The van der Waals surface area contributed by atoms with Crippen molar-refractivity contribution in [2.24, 2.45) is 0 Å². The molecule has 1 aromatic heterocycles. The summed E-state index contributed by atoms with van der Waals surface area (Å²) < 4.78 is 1.77. The van der Waals surface area contributed by atoms with Crippen LogP contribution in [0, 0.1) is 0 Å². The Hall–Kier alpha value is -3.18. The molecule has 1 N–H and O–H groups in total. The molecule has 3 aromatic rings. The van der Waals surface area contributed by atoms with Crippen molar-refractivity contribution in [3.8, 4) is 0 Å². The number of hydrogen-bond acceptors (Lipinski definition) is 4. The average molecular weight is 403 g/mol. The van der Waals surface area contributed by atoms with Crippen LogP contribution in [0.3, 0.4) is 0 Å². The Balaban J connectivity index is 1.52. The van der Waals surface area contributed by atoms with Crippen molar-refractivity contribution in [1.82, 2.24) is 14.8 Å². The number of nitrogens with zero attached hydrogens (tertiary/aromatic N) is 3. The molecule has 1 aliphatic carbocycles. The number of allylic oxidation sites excluding steroid dienone is 3. The van der Waals surface area contributed by atoms with E-state index in [0.717, 1.165) is 28.8 Å². The number of anilines is 1. The largest absolute Gasteiger partial charge is 0.328 e. The molecule has 2 atom stereocenters. The molecule has 0 saturated heterocycles. The number of fused-ring (bicyclic) bond motifs is 1. The van der Waals surface area contributed by atoms with Gasteiger partial charge in [0, 0.05) is 22.7 Å². The van der Waals surface area contributed by atoms with E-state index in [0.29, 0.717) is 17.4 Å². The summed E-state index contributed by atoms with van der Waals surface area (Å²) in [6.07, 6.45) is 6.78. The van der Waals surface area contributed by atoms with Crippen LogP contribution >= 0.6 is 11.6 Å². The summed E-state index contributed by atoms with van der Waals surface area (Å²) in [5.41, 5.74) is 3.86. The average Bonchev–Trinajstić information content (AvgIpc) is 3.20. The molecule has 0 saturated carbocycles. The first-order valence-corrected chi connectivity index (χ1v) is 9.98. The molecule has 5 rings (SSSR count). The highest BCUT2D eigenvalue weighted by atomic mass is 35.5. The van der Waals surface area contributed by atoms with Crippen molar-refractivity contribution in [1.29, 1.82) is 0 Å². The maximum absolute atomic E-state index is 13.2. The lowest BCUT2D eigenvalue weighted by atomic mass is 9.79. The van der Waals surface area contributed by atoms with Gasteiger partial charge in [-0.3, -0.25) is 4.79 Å². The number of carbonyl (C=O) groups excluding carboxylic acids is 1. The summed E-state index contributed by atoms with van der Waals surface area (Å²) in [5.74, 6) is 0.888. The first-order chi connectivity index (χ1) is 14.2. The highest BCUT2D eigenvalue weighted by molar-refractivity contribution is 6.30. The maximum atomic E-state index is 13.2. The minimum absolute atomic E-state index is 0.0978. The molecule has 144 valence electrons. The third-order valence-corrected chi connectivity index (χ3v) is 5.73. The molecule has 1 aliphatic heterocycles. The Kier molecular flexibility index (Phi) is 4.52. The number of Topliss-reactive ketones (excluding diaryl/α,β-unsaturated/α-hetero) is 1. The molecule has 2 aromatic carbocycles. The summed E-state index contributed by atoms with van der Waals surface area (Å²) in [5, 5.41) is 8.38. The Labute approximate surface area is 173 Å². The van der Waals surface area contributed by atoms with E-state index >= 15 is 0 Å². The molecule has 0 amide bonds. The predicted molar refractivity (Wildman–Crippen MR) is 114 cm³/mol. The van der Waals surface area contributed by atoms with Gasteiger partial charge in [0.1, 0.15) is 12.4 Å². The molecule has 6 heteroatoms. The van der Waals surface area contributed by atoms with Crippen LogP contribution in [0.25, 0.3) is 6.08 Å². The lowest BCUT2D eigenvalue weighted by Gasteiger charge is -2.34. The van der Waals surface area contributed by atoms with Gasteiger partial charge in [-0.05, 0) is 35.6 Å². The van der Waals surface area contributed by atoms with Gasteiger partial charge in [-0.2, -0.15) is 10.1 Å². The molecule has 0 radical (unpaired) electrons. The van der Waals surface area contributed by atoms with Gasteiger partial charge in [0.05, 0.1) is 0 Å². The fraction of sp³-hybridized carbons (Fsp3) is 0.174. The number of nitrogens with one attached hydrogen (secondary N) is 1. The first-order valence-electron chi connectivity index (χ1n) is 9.60. The van der Waals surface area contributed by atoms with Crippen LogP contribution in [-0.2, 0) is 4.79 Å². The van der Waals surface area contributed by atoms with E-state index in [2.05, 4.69) is 15.4 Å². The van der Waals surface area contributed by atoms with Crippen molar-refractivity contribution < 1.29 is 4.79 Å². The third kappa shape index (κ3) is 3.38. The Morgan fingerprint density at radius 3 is 2.79 bits per heavy atom. The van der Waals surface area contributed by atoms with Crippen molar-refractivity contribution in [3.05, 3.63) is 94.4 Å². The summed E-state index contributed by atoms with van der Waals surface area (Å²) in [6.45, 7) is 0. The third-order valence-electron chi connectivity index (χ3n) is 5.49. The summed E-state index contributed by atoms with van der Waals surface area (Å²) >= 11 is 6.17. The molecule has 0 spiro atoms. The van der Waals surface area contributed by atoms with Gasteiger partial charge < -0.3 is 5.32 Å². The molecular formula is C23H19ClN4O. The fourth-order valence-electron chi connectivity index (χ4n) is 4.13. The quantitative estimate of drug-likeness (QED) is 0.668. The predicted octanol–water partition coefficient (Wildman–Crippen LogP) is 5.01. The minimum atomic E-state index is -0.267. The van der Waals surface area contributed by atoms with Crippen LogP contribution < -0.4 is 5.32 Å². The smallest absolute Gasteiger partial charge is 0.226 e. The van der Waals surface area contributed by atoms with Gasteiger partial charge in [-0.25, -0.2) is 4.68 Å². The number of aromatic nitrogens is 3. The Morgan fingerprint density at radius 1 is 1.10 bits per heavy atom. The van der Waals surface area contributed by atoms with Crippen molar-refractivity contribution in [2.45, 2.75) is 24.8 Å². The number of benzene rings is 2. The van der Waals surface area contributed by atoms with Crippen molar-refractivity contribution in [2.75, 3.05) is 5.32 Å². The van der Waals surface area contributed by atoms with E-state index in [-0.39, 0.29) is 17.7 Å².